The van der Waals surface area contributed by atoms with Crippen LogP contribution in [-0.4, -0.2) is 40.5 Å². The first kappa shape index (κ1) is 15.7. The molecule has 0 bridgehead atoms. The van der Waals surface area contributed by atoms with Crippen molar-refractivity contribution in [2.24, 2.45) is 5.92 Å². The molecule has 116 valence electrons. The summed E-state index contributed by atoms with van der Waals surface area (Å²) in [6.07, 6.45) is 3.77. The van der Waals surface area contributed by atoms with E-state index in [0.29, 0.717) is 17.5 Å². The molecular weight excluding hydrogens is 268 g/mol. The third-order valence-corrected chi connectivity index (χ3v) is 3.90. The third kappa shape index (κ3) is 4.14. The second-order valence-corrected chi connectivity index (χ2v) is 6.18. The number of hydrogen-bond acceptors (Lipinski definition) is 5. The van der Waals surface area contributed by atoms with Crippen molar-refractivity contribution >= 4 is 11.5 Å². The molecule has 1 aromatic rings. The molecular formula is C15H24N4O2. The Morgan fingerprint density at radius 2 is 2.33 bits per heavy atom. The van der Waals surface area contributed by atoms with Crippen LogP contribution in [0.4, 0.5) is 11.5 Å². The number of hydrogen-bond donors (Lipinski definition) is 1. The first-order valence-electron chi connectivity index (χ1n) is 7.56. The van der Waals surface area contributed by atoms with Gasteiger partial charge in [-0.3, -0.25) is 15.0 Å². The summed E-state index contributed by atoms with van der Waals surface area (Å²) in [4.78, 5) is 17.0. The minimum atomic E-state index is -0.395. The summed E-state index contributed by atoms with van der Waals surface area (Å²) in [7, 11) is 0. The van der Waals surface area contributed by atoms with Crippen molar-refractivity contribution in [1.82, 2.24) is 9.88 Å². The fourth-order valence-electron chi connectivity index (χ4n) is 2.89. The molecule has 0 radical (unpaired) electrons. The number of aromatic nitrogens is 1. The molecule has 1 aromatic heterocycles. The Kier molecular flexibility index (Phi) is 5.12. The van der Waals surface area contributed by atoms with Crippen molar-refractivity contribution in [3.05, 3.63) is 27.9 Å². The Bertz CT molecular complexity index is 504. The van der Waals surface area contributed by atoms with Gasteiger partial charge in [-0.1, -0.05) is 13.8 Å². The van der Waals surface area contributed by atoms with Crippen molar-refractivity contribution in [3.8, 4) is 0 Å². The van der Waals surface area contributed by atoms with Crippen LogP contribution in [-0.2, 0) is 0 Å². The van der Waals surface area contributed by atoms with Crippen molar-refractivity contribution in [2.45, 2.75) is 39.7 Å². The molecule has 1 N–H and O–H groups in total. The molecule has 1 fully saturated rings. The van der Waals surface area contributed by atoms with E-state index in [9.17, 15) is 10.1 Å². The average Bonchev–Trinajstić information content (AvgIpc) is 2.82. The third-order valence-electron chi connectivity index (χ3n) is 3.90. The molecule has 1 atom stereocenters. The molecule has 6 heteroatoms. The van der Waals surface area contributed by atoms with Crippen LogP contribution in [0.15, 0.2) is 12.3 Å². The predicted molar refractivity (Wildman–Crippen MR) is 83.6 cm³/mol. The number of likely N-dealkylation sites (tertiary alicyclic amines) is 1. The highest BCUT2D eigenvalue weighted by Crippen LogP contribution is 2.21. The first-order chi connectivity index (χ1) is 9.97. The standard InChI is InChI=1S/C15H24N4O2/c1-11(2)10-18-6-4-5-13(18)8-16-15-7-12(3)14(9-17-15)19(20)21/h7,9,11,13H,4-6,8,10H2,1-3H3,(H,16,17)/t13-/m0/s1. The van der Waals surface area contributed by atoms with Gasteiger partial charge in [-0.15, -0.1) is 0 Å². The highest BCUT2D eigenvalue weighted by atomic mass is 16.6. The maximum Gasteiger partial charge on any atom is 0.290 e. The van der Waals surface area contributed by atoms with Crippen LogP contribution in [0.2, 0.25) is 0 Å². The number of nitro groups is 1. The molecule has 0 aromatic carbocycles. The second-order valence-electron chi connectivity index (χ2n) is 6.18. The number of rotatable bonds is 6. The summed E-state index contributed by atoms with van der Waals surface area (Å²) in [6.45, 7) is 9.35. The van der Waals surface area contributed by atoms with E-state index in [1.54, 1.807) is 13.0 Å². The number of aryl methyl sites for hydroxylation is 1. The number of pyridine rings is 1. The van der Waals surface area contributed by atoms with E-state index in [2.05, 4.69) is 29.0 Å². The lowest BCUT2D eigenvalue weighted by Gasteiger charge is -2.26. The van der Waals surface area contributed by atoms with Crippen LogP contribution in [0.1, 0.15) is 32.3 Å². The maximum atomic E-state index is 10.8. The van der Waals surface area contributed by atoms with Gasteiger partial charge in [0.15, 0.2) is 0 Å². The van der Waals surface area contributed by atoms with Gasteiger partial charge in [0.25, 0.3) is 5.69 Å². The van der Waals surface area contributed by atoms with Gasteiger partial charge in [0.05, 0.1) is 4.92 Å². The Morgan fingerprint density at radius 1 is 1.57 bits per heavy atom. The topological polar surface area (TPSA) is 71.3 Å². The minimum absolute atomic E-state index is 0.0721. The van der Waals surface area contributed by atoms with Crippen molar-refractivity contribution in [1.29, 1.82) is 0 Å². The summed E-state index contributed by atoms with van der Waals surface area (Å²) in [5.74, 6) is 1.39. The number of anilines is 1. The molecule has 2 heterocycles. The molecule has 2 rings (SSSR count). The van der Waals surface area contributed by atoms with Gasteiger partial charge in [0.1, 0.15) is 12.0 Å². The number of nitrogens with zero attached hydrogens (tertiary/aromatic N) is 3. The van der Waals surface area contributed by atoms with E-state index in [1.807, 2.05) is 0 Å². The lowest BCUT2D eigenvalue weighted by molar-refractivity contribution is -0.385. The summed E-state index contributed by atoms with van der Waals surface area (Å²) in [5, 5.41) is 14.1. The van der Waals surface area contributed by atoms with Gasteiger partial charge in [0.2, 0.25) is 0 Å². The van der Waals surface area contributed by atoms with Gasteiger partial charge in [0, 0.05) is 24.7 Å². The normalized spacial score (nSPS) is 19.1. The number of nitrogens with one attached hydrogen (secondary N) is 1. The average molecular weight is 292 g/mol. The fraction of sp³-hybridized carbons (Fsp3) is 0.667. The van der Waals surface area contributed by atoms with Crippen LogP contribution < -0.4 is 5.32 Å². The van der Waals surface area contributed by atoms with E-state index in [1.165, 1.54) is 19.0 Å². The molecule has 21 heavy (non-hydrogen) atoms. The van der Waals surface area contributed by atoms with E-state index in [0.717, 1.165) is 25.5 Å². The first-order valence-corrected chi connectivity index (χ1v) is 7.56. The molecule has 0 spiro atoms. The minimum Gasteiger partial charge on any atom is -0.368 e. The van der Waals surface area contributed by atoms with Crippen LogP contribution in [0, 0.1) is 23.0 Å². The molecule has 0 aliphatic carbocycles. The Labute approximate surface area is 125 Å². The van der Waals surface area contributed by atoms with Gasteiger partial charge < -0.3 is 5.32 Å². The highest BCUT2D eigenvalue weighted by Gasteiger charge is 2.24. The van der Waals surface area contributed by atoms with Crippen molar-refractivity contribution in [3.63, 3.8) is 0 Å². The largest absolute Gasteiger partial charge is 0.368 e. The zero-order valence-electron chi connectivity index (χ0n) is 13.0. The van der Waals surface area contributed by atoms with Crippen LogP contribution in [0.25, 0.3) is 0 Å². The van der Waals surface area contributed by atoms with E-state index >= 15 is 0 Å². The van der Waals surface area contributed by atoms with Gasteiger partial charge in [-0.2, -0.15) is 0 Å². The molecule has 0 saturated carbocycles. The molecule has 1 saturated heterocycles. The Balaban J connectivity index is 1.93. The zero-order chi connectivity index (χ0) is 15.4. The quantitative estimate of drug-likeness (QED) is 0.645. The molecule has 6 nitrogen and oxygen atoms in total. The maximum absolute atomic E-state index is 10.8. The lowest BCUT2D eigenvalue weighted by atomic mass is 10.1. The van der Waals surface area contributed by atoms with Gasteiger partial charge >= 0.3 is 0 Å². The van der Waals surface area contributed by atoms with Crippen molar-refractivity contribution < 1.29 is 4.92 Å². The van der Waals surface area contributed by atoms with Crippen LogP contribution in [0.5, 0.6) is 0 Å². The van der Waals surface area contributed by atoms with E-state index in [4.69, 9.17) is 0 Å². The zero-order valence-corrected chi connectivity index (χ0v) is 13.0. The summed E-state index contributed by atoms with van der Waals surface area (Å²) in [6, 6.07) is 2.28. The SMILES string of the molecule is Cc1cc(NC[C@@H]2CCCN2CC(C)C)ncc1[N+](=O)[O-]. The fourth-order valence-corrected chi connectivity index (χ4v) is 2.89. The Morgan fingerprint density at radius 3 is 2.95 bits per heavy atom. The molecule has 0 unspecified atom stereocenters. The molecule has 1 aliphatic rings. The summed E-state index contributed by atoms with van der Waals surface area (Å²) < 4.78 is 0. The summed E-state index contributed by atoms with van der Waals surface area (Å²) in [5.41, 5.74) is 0.714. The van der Waals surface area contributed by atoms with Gasteiger partial charge in [-0.25, -0.2) is 4.98 Å². The monoisotopic (exact) mass is 292 g/mol. The predicted octanol–water partition coefficient (Wildman–Crippen LogP) is 2.83. The molecule has 1 aliphatic heterocycles. The van der Waals surface area contributed by atoms with Crippen LogP contribution >= 0.6 is 0 Å². The lowest BCUT2D eigenvalue weighted by Crippen LogP contribution is -2.37. The van der Waals surface area contributed by atoms with Crippen LogP contribution in [0.3, 0.4) is 0 Å². The molecule has 0 amide bonds. The van der Waals surface area contributed by atoms with E-state index < -0.39 is 4.92 Å². The van der Waals surface area contributed by atoms with E-state index in [-0.39, 0.29) is 5.69 Å². The second kappa shape index (κ2) is 6.85. The highest BCUT2D eigenvalue weighted by molar-refractivity contribution is 5.46. The smallest absolute Gasteiger partial charge is 0.290 e. The Hall–Kier alpha value is -1.69. The van der Waals surface area contributed by atoms with Gasteiger partial charge in [-0.05, 0) is 38.3 Å². The van der Waals surface area contributed by atoms with Crippen molar-refractivity contribution in [2.75, 3.05) is 25.0 Å². The summed E-state index contributed by atoms with van der Waals surface area (Å²) >= 11 is 0.